The van der Waals surface area contributed by atoms with Gasteiger partial charge in [-0.05, 0) is 75.4 Å². The number of benzene rings is 1. The number of amides is 1. The van der Waals surface area contributed by atoms with Crippen LogP contribution in [0, 0.1) is 5.92 Å². The van der Waals surface area contributed by atoms with Crippen molar-refractivity contribution in [3.63, 3.8) is 0 Å². The van der Waals surface area contributed by atoms with E-state index in [-0.39, 0.29) is 5.91 Å². The molecular weight excluding hydrogens is 382 g/mol. The van der Waals surface area contributed by atoms with Crippen LogP contribution in [0.15, 0.2) is 24.3 Å². The Bertz CT molecular complexity index is 802. The van der Waals surface area contributed by atoms with Gasteiger partial charge < -0.3 is 10.6 Å². The summed E-state index contributed by atoms with van der Waals surface area (Å²) in [4.78, 5) is 17.4. The fourth-order valence-electron chi connectivity index (χ4n) is 4.15. The molecule has 158 valence electrons. The Kier molecular flexibility index (Phi) is 8.75. The topological polar surface area (TPSA) is 54.0 Å². The molecule has 0 bridgehead atoms. The summed E-state index contributed by atoms with van der Waals surface area (Å²) >= 11 is 6.42. The number of fused-ring (bicyclic) bond motifs is 1. The normalized spacial score (nSPS) is 15.0. The molecule has 2 aromatic rings. The third-order valence-corrected chi connectivity index (χ3v) is 6.15. The number of aryl methyl sites for hydroxylation is 1. The first kappa shape index (κ1) is 22.0. The Labute approximate surface area is 179 Å². The fourth-order valence-corrected chi connectivity index (χ4v) is 4.36. The third-order valence-electron chi connectivity index (χ3n) is 5.83. The zero-order chi connectivity index (χ0) is 20.5. The van der Waals surface area contributed by atoms with Crippen LogP contribution in [0.25, 0.3) is 10.9 Å². The Morgan fingerprint density at radius 1 is 1.10 bits per heavy atom. The number of carbonyl (C=O) groups is 1. The number of nitrogens with one attached hydrogen (secondary N) is 2. The lowest BCUT2D eigenvalue weighted by molar-refractivity contribution is -0.117. The molecule has 0 atom stereocenters. The molecule has 1 aromatic carbocycles. The average molecular weight is 416 g/mol. The van der Waals surface area contributed by atoms with E-state index in [0.717, 1.165) is 55.4 Å². The maximum Gasteiger partial charge on any atom is 0.224 e. The van der Waals surface area contributed by atoms with Crippen molar-refractivity contribution in [2.24, 2.45) is 5.92 Å². The Morgan fingerprint density at radius 2 is 1.90 bits per heavy atom. The quantitative estimate of drug-likeness (QED) is 0.459. The van der Waals surface area contributed by atoms with E-state index in [1.165, 1.54) is 32.1 Å². The average Bonchev–Trinajstić information content (AvgIpc) is 2.73. The Morgan fingerprint density at radius 3 is 2.69 bits per heavy atom. The van der Waals surface area contributed by atoms with Crippen LogP contribution in [0.1, 0.15) is 70.4 Å². The van der Waals surface area contributed by atoms with Crippen molar-refractivity contribution in [3.8, 4) is 0 Å². The third kappa shape index (κ3) is 6.68. The van der Waals surface area contributed by atoms with Crippen LogP contribution in [-0.2, 0) is 11.2 Å². The van der Waals surface area contributed by atoms with Gasteiger partial charge in [0.15, 0.2) is 0 Å². The predicted molar refractivity (Wildman–Crippen MR) is 123 cm³/mol. The van der Waals surface area contributed by atoms with Gasteiger partial charge in [-0.15, -0.1) is 0 Å². The fraction of sp³-hybridized carbons (Fsp3) is 0.583. The van der Waals surface area contributed by atoms with Crippen LogP contribution in [0.4, 0.5) is 5.69 Å². The summed E-state index contributed by atoms with van der Waals surface area (Å²) in [7, 11) is 0. The van der Waals surface area contributed by atoms with Gasteiger partial charge in [-0.1, -0.05) is 44.2 Å². The van der Waals surface area contributed by atoms with Crippen molar-refractivity contribution >= 4 is 34.1 Å². The van der Waals surface area contributed by atoms with Crippen LogP contribution < -0.4 is 10.6 Å². The van der Waals surface area contributed by atoms with Crippen molar-refractivity contribution in [1.29, 1.82) is 0 Å². The number of aromatic nitrogens is 1. The van der Waals surface area contributed by atoms with E-state index < -0.39 is 0 Å². The van der Waals surface area contributed by atoms with Gasteiger partial charge >= 0.3 is 0 Å². The molecule has 1 aliphatic carbocycles. The summed E-state index contributed by atoms with van der Waals surface area (Å²) in [6.45, 7) is 4.31. The highest BCUT2D eigenvalue weighted by Gasteiger charge is 2.18. The summed E-state index contributed by atoms with van der Waals surface area (Å²) in [5.41, 5.74) is 2.67. The van der Waals surface area contributed by atoms with E-state index in [0.29, 0.717) is 23.0 Å². The summed E-state index contributed by atoms with van der Waals surface area (Å²) in [5, 5.41) is 8.03. The summed E-state index contributed by atoms with van der Waals surface area (Å²) in [5.74, 6) is 0.571. The molecule has 4 nitrogen and oxygen atoms in total. The van der Waals surface area contributed by atoms with Gasteiger partial charge in [0, 0.05) is 17.5 Å². The first-order valence-electron chi connectivity index (χ1n) is 11.3. The van der Waals surface area contributed by atoms with Crippen molar-refractivity contribution in [2.75, 3.05) is 18.4 Å². The maximum atomic E-state index is 12.6. The molecule has 0 aliphatic heterocycles. The van der Waals surface area contributed by atoms with Crippen molar-refractivity contribution < 1.29 is 4.79 Å². The molecule has 0 unspecified atom stereocenters. The monoisotopic (exact) mass is 415 g/mol. The van der Waals surface area contributed by atoms with Gasteiger partial charge in [-0.25, -0.2) is 0 Å². The van der Waals surface area contributed by atoms with E-state index in [9.17, 15) is 4.79 Å². The summed E-state index contributed by atoms with van der Waals surface area (Å²) in [6.07, 6.45) is 11.2. The van der Waals surface area contributed by atoms with E-state index in [4.69, 9.17) is 16.6 Å². The molecule has 5 heteroatoms. The number of carbonyl (C=O) groups excluding carboxylic acids is 1. The van der Waals surface area contributed by atoms with Crippen molar-refractivity contribution in [2.45, 2.75) is 71.1 Å². The van der Waals surface area contributed by atoms with Gasteiger partial charge in [0.05, 0.1) is 16.2 Å². The van der Waals surface area contributed by atoms with Gasteiger partial charge in [-0.3, -0.25) is 9.78 Å². The SMILES string of the molecule is CCCCNCCCc1ccc2c(NC(=O)CC3CCCCC3)c(Cl)ccc2n1. The first-order valence-corrected chi connectivity index (χ1v) is 11.6. The molecule has 1 amide bonds. The molecule has 1 heterocycles. The highest BCUT2D eigenvalue weighted by atomic mass is 35.5. The minimum Gasteiger partial charge on any atom is -0.324 e. The smallest absolute Gasteiger partial charge is 0.224 e. The molecule has 1 aliphatic rings. The van der Waals surface area contributed by atoms with E-state index >= 15 is 0 Å². The molecule has 29 heavy (non-hydrogen) atoms. The summed E-state index contributed by atoms with van der Waals surface area (Å²) in [6, 6.07) is 7.88. The molecule has 1 saturated carbocycles. The Hall–Kier alpha value is -1.65. The molecule has 0 radical (unpaired) electrons. The standard InChI is InChI=1S/C24H34ClN3O/c1-2-3-15-26-16-7-10-19-11-12-20-22(27-19)14-13-21(25)24(20)28-23(29)17-18-8-5-4-6-9-18/h11-14,18,26H,2-10,15-17H2,1H3,(H,28,29). The molecular formula is C24H34ClN3O. The Balaban J connectivity index is 1.61. The largest absolute Gasteiger partial charge is 0.324 e. The van der Waals surface area contributed by atoms with Crippen LogP contribution in [0.5, 0.6) is 0 Å². The zero-order valence-corrected chi connectivity index (χ0v) is 18.4. The van der Waals surface area contributed by atoms with E-state index in [1.54, 1.807) is 0 Å². The number of rotatable bonds is 10. The van der Waals surface area contributed by atoms with Crippen LogP contribution in [-0.4, -0.2) is 24.0 Å². The lowest BCUT2D eigenvalue weighted by atomic mass is 9.87. The molecule has 1 fully saturated rings. The number of unbranched alkanes of at least 4 members (excludes halogenated alkanes) is 1. The maximum absolute atomic E-state index is 12.6. The first-order chi connectivity index (χ1) is 14.2. The summed E-state index contributed by atoms with van der Waals surface area (Å²) < 4.78 is 0. The second-order valence-corrected chi connectivity index (χ2v) is 8.66. The lowest BCUT2D eigenvalue weighted by Crippen LogP contribution is -2.18. The van der Waals surface area contributed by atoms with E-state index in [2.05, 4.69) is 23.6 Å². The molecule has 0 spiro atoms. The number of pyridine rings is 1. The van der Waals surface area contributed by atoms with Gasteiger partial charge in [0.2, 0.25) is 5.91 Å². The van der Waals surface area contributed by atoms with Gasteiger partial charge in [-0.2, -0.15) is 0 Å². The van der Waals surface area contributed by atoms with E-state index in [1.807, 2.05) is 18.2 Å². The zero-order valence-electron chi connectivity index (χ0n) is 17.6. The van der Waals surface area contributed by atoms with Gasteiger partial charge in [0.1, 0.15) is 0 Å². The number of anilines is 1. The van der Waals surface area contributed by atoms with Gasteiger partial charge in [0.25, 0.3) is 0 Å². The highest BCUT2D eigenvalue weighted by Crippen LogP contribution is 2.32. The van der Waals surface area contributed by atoms with Crippen molar-refractivity contribution in [3.05, 3.63) is 35.0 Å². The van der Waals surface area contributed by atoms with Crippen LogP contribution >= 0.6 is 11.6 Å². The van der Waals surface area contributed by atoms with Crippen LogP contribution in [0.3, 0.4) is 0 Å². The predicted octanol–water partition coefficient (Wildman–Crippen LogP) is 6.12. The lowest BCUT2D eigenvalue weighted by Gasteiger charge is -2.21. The van der Waals surface area contributed by atoms with Crippen LogP contribution in [0.2, 0.25) is 5.02 Å². The van der Waals surface area contributed by atoms with Crippen molar-refractivity contribution in [1.82, 2.24) is 10.3 Å². The number of halogens is 1. The molecule has 3 rings (SSSR count). The minimum absolute atomic E-state index is 0.0635. The molecule has 2 N–H and O–H groups in total. The number of hydrogen-bond acceptors (Lipinski definition) is 3. The second kappa shape index (κ2) is 11.5. The molecule has 0 saturated heterocycles. The molecule has 1 aromatic heterocycles. The second-order valence-electron chi connectivity index (χ2n) is 8.26. The number of nitrogens with zero attached hydrogens (tertiary/aromatic N) is 1. The number of hydrogen-bond donors (Lipinski definition) is 2. The minimum atomic E-state index is 0.0635. The highest BCUT2D eigenvalue weighted by molar-refractivity contribution is 6.35.